The lowest BCUT2D eigenvalue weighted by molar-refractivity contribution is 0.281. The lowest BCUT2D eigenvalue weighted by Crippen LogP contribution is -1.93. The van der Waals surface area contributed by atoms with Crippen molar-refractivity contribution in [2.45, 2.75) is 13.5 Å². The molecule has 0 amide bonds. The first-order valence-electron chi connectivity index (χ1n) is 5.43. The van der Waals surface area contributed by atoms with Crippen molar-refractivity contribution in [1.82, 2.24) is 0 Å². The molecule has 0 unspecified atom stereocenters. The minimum Gasteiger partial charge on any atom is -0.455 e. The van der Waals surface area contributed by atoms with Crippen LogP contribution in [0.1, 0.15) is 11.1 Å². The van der Waals surface area contributed by atoms with Gasteiger partial charge in [0.15, 0.2) is 0 Å². The lowest BCUT2D eigenvalue weighted by atomic mass is 10.2. The van der Waals surface area contributed by atoms with Crippen LogP contribution in [0.15, 0.2) is 42.5 Å². The third-order valence-corrected chi connectivity index (χ3v) is 2.50. The van der Waals surface area contributed by atoms with Crippen LogP contribution in [0.3, 0.4) is 0 Å². The normalized spacial score (nSPS) is 10.2. The number of nitrogen functional groups attached to an aromatic ring is 1. The zero-order valence-corrected chi connectivity index (χ0v) is 9.68. The molecule has 0 fully saturated rings. The highest BCUT2D eigenvalue weighted by Gasteiger charge is 2.02. The highest BCUT2D eigenvalue weighted by Crippen LogP contribution is 2.28. The molecule has 0 spiro atoms. The summed E-state index contributed by atoms with van der Waals surface area (Å²) in [7, 11) is 0. The number of anilines is 1. The van der Waals surface area contributed by atoms with Crippen LogP contribution in [0.4, 0.5) is 5.69 Å². The van der Waals surface area contributed by atoms with E-state index in [0.29, 0.717) is 17.2 Å². The summed E-state index contributed by atoms with van der Waals surface area (Å²) in [5, 5.41) is 8.93. The minimum atomic E-state index is 0.0347. The van der Waals surface area contributed by atoms with Crippen LogP contribution in [0.2, 0.25) is 0 Å². The summed E-state index contributed by atoms with van der Waals surface area (Å²) < 4.78 is 5.66. The predicted molar refractivity (Wildman–Crippen MR) is 68.0 cm³/mol. The average Bonchev–Trinajstić information content (AvgIpc) is 2.34. The summed E-state index contributed by atoms with van der Waals surface area (Å²) in [6, 6.07) is 12.9. The van der Waals surface area contributed by atoms with Gasteiger partial charge in [-0.05, 0) is 42.3 Å². The molecule has 0 aliphatic carbocycles. The molecule has 2 aromatic rings. The Hall–Kier alpha value is -2.00. The summed E-state index contributed by atoms with van der Waals surface area (Å²) in [6.45, 7) is 2.02. The molecular formula is C14H15NO2. The highest BCUT2D eigenvalue weighted by molar-refractivity contribution is 5.55. The van der Waals surface area contributed by atoms with Crippen LogP contribution in [-0.4, -0.2) is 5.11 Å². The van der Waals surface area contributed by atoms with Crippen LogP contribution in [0.5, 0.6) is 11.5 Å². The van der Waals surface area contributed by atoms with E-state index in [1.54, 1.807) is 0 Å². The fourth-order valence-electron chi connectivity index (χ4n) is 1.55. The zero-order chi connectivity index (χ0) is 12.3. The minimum absolute atomic E-state index is 0.0347. The van der Waals surface area contributed by atoms with Gasteiger partial charge >= 0.3 is 0 Å². The highest BCUT2D eigenvalue weighted by atomic mass is 16.5. The van der Waals surface area contributed by atoms with E-state index in [0.717, 1.165) is 11.1 Å². The third kappa shape index (κ3) is 2.77. The van der Waals surface area contributed by atoms with Crippen molar-refractivity contribution in [3.05, 3.63) is 53.6 Å². The summed E-state index contributed by atoms with van der Waals surface area (Å²) in [5.74, 6) is 1.35. The van der Waals surface area contributed by atoms with Gasteiger partial charge in [0.25, 0.3) is 0 Å². The predicted octanol–water partition coefficient (Wildman–Crippen LogP) is 2.86. The fraction of sp³-hybridized carbons (Fsp3) is 0.143. The van der Waals surface area contributed by atoms with E-state index in [-0.39, 0.29) is 6.61 Å². The number of aliphatic hydroxyl groups excluding tert-OH is 1. The van der Waals surface area contributed by atoms with Gasteiger partial charge in [0.05, 0.1) is 12.3 Å². The van der Waals surface area contributed by atoms with E-state index in [4.69, 9.17) is 15.6 Å². The molecule has 0 radical (unpaired) electrons. The van der Waals surface area contributed by atoms with Crippen LogP contribution >= 0.6 is 0 Å². The molecule has 3 nitrogen and oxygen atoms in total. The van der Waals surface area contributed by atoms with Crippen molar-refractivity contribution < 1.29 is 9.84 Å². The molecule has 0 aromatic heterocycles. The first-order valence-corrected chi connectivity index (χ1v) is 5.43. The van der Waals surface area contributed by atoms with Crippen molar-refractivity contribution in [2.24, 2.45) is 0 Å². The first-order chi connectivity index (χ1) is 8.19. The lowest BCUT2D eigenvalue weighted by Gasteiger charge is -2.09. The van der Waals surface area contributed by atoms with Gasteiger partial charge in [-0.2, -0.15) is 0 Å². The van der Waals surface area contributed by atoms with Gasteiger partial charge in [0.2, 0.25) is 0 Å². The second-order valence-electron chi connectivity index (χ2n) is 3.95. The molecule has 0 aliphatic heterocycles. The van der Waals surface area contributed by atoms with Gasteiger partial charge in [-0.3, -0.25) is 0 Å². The molecule has 3 N–H and O–H groups in total. The number of benzene rings is 2. The fourth-order valence-corrected chi connectivity index (χ4v) is 1.55. The van der Waals surface area contributed by atoms with Gasteiger partial charge in [0.1, 0.15) is 11.5 Å². The van der Waals surface area contributed by atoms with Gasteiger partial charge in [-0.1, -0.05) is 18.2 Å². The first kappa shape index (κ1) is 11.5. The summed E-state index contributed by atoms with van der Waals surface area (Å²) in [5.41, 5.74) is 8.44. The molecule has 88 valence electrons. The van der Waals surface area contributed by atoms with Gasteiger partial charge in [-0.25, -0.2) is 0 Å². The number of nitrogens with two attached hydrogens (primary N) is 1. The maximum absolute atomic E-state index is 8.93. The molecule has 0 bridgehead atoms. The molecular weight excluding hydrogens is 214 g/mol. The standard InChI is InChI=1S/C14H15NO2/c1-10-2-7-14(13(15)8-10)17-12-5-3-11(9-16)4-6-12/h2-8,16H,9,15H2,1H3. The van der Waals surface area contributed by atoms with E-state index in [1.807, 2.05) is 49.4 Å². The topological polar surface area (TPSA) is 55.5 Å². The Labute approximate surface area is 100 Å². The van der Waals surface area contributed by atoms with Crippen molar-refractivity contribution in [1.29, 1.82) is 0 Å². The molecule has 0 heterocycles. The summed E-state index contributed by atoms with van der Waals surface area (Å²) >= 11 is 0. The van der Waals surface area contributed by atoms with Crippen molar-refractivity contribution >= 4 is 5.69 Å². The second kappa shape index (κ2) is 4.89. The number of aryl methyl sites for hydroxylation is 1. The number of hydrogen-bond acceptors (Lipinski definition) is 3. The maximum Gasteiger partial charge on any atom is 0.150 e. The number of ether oxygens (including phenoxy) is 1. The van der Waals surface area contributed by atoms with Crippen molar-refractivity contribution in [3.63, 3.8) is 0 Å². The van der Waals surface area contributed by atoms with E-state index in [2.05, 4.69) is 0 Å². The average molecular weight is 229 g/mol. The molecule has 0 atom stereocenters. The quantitative estimate of drug-likeness (QED) is 0.796. The number of rotatable bonds is 3. The zero-order valence-electron chi connectivity index (χ0n) is 9.68. The van der Waals surface area contributed by atoms with Crippen LogP contribution < -0.4 is 10.5 Å². The Morgan fingerprint density at radius 3 is 2.41 bits per heavy atom. The third-order valence-electron chi connectivity index (χ3n) is 2.50. The van der Waals surface area contributed by atoms with E-state index < -0.39 is 0 Å². The van der Waals surface area contributed by atoms with Crippen LogP contribution in [-0.2, 0) is 6.61 Å². The molecule has 3 heteroatoms. The molecule has 17 heavy (non-hydrogen) atoms. The molecule has 0 aliphatic rings. The Balaban J connectivity index is 2.19. The maximum atomic E-state index is 8.93. The smallest absolute Gasteiger partial charge is 0.150 e. The van der Waals surface area contributed by atoms with E-state index in [9.17, 15) is 0 Å². The summed E-state index contributed by atoms with van der Waals surface area (Å²) in [6.07, 6.45) is 0. The molecule has 0 saturated heterocycles. The van der Waals surface area contributed by atoms with Gasteiger partial charge in [0, 0.05) is 0 Å². The Kier molecular flexibility index (Phi) is 3.30. The van der Waals surface area contributed by atoms with Crippen LogP contribution in [0.25, 0.3) is 0 Å². The van der Waals surface area contributed by atoms with E-state index in [1.165, 1.54) is 0 Å². The van der Waals surface area contributed by atoms with Crippen molar-refractivity contribution in [3.8, 4) is 11.5 Å². The van der Waals surface area contributed by atoms with Gasteiger partial charge < -0.3 is 15.6 Å². The number of aliphatic hydroxyl groups is 1. The molecule has 2 rings (SSSR count). The Bertz CT molecular complexity index is 506. The van der Waals surface area contributed by atoms with Crippen LogP contribution in [0, 0.1) is 6.92 Å². The van der Waals surface area contributed by atoms with Crippen molar-refractivity contribution in [2.75, 3.05) is 5.73 Å². The molecule has 0 saturated carbocycles. The Morgan fingerprint density at radius 1 is 1.12 bits per heavy atom. The SMILES string of the molecule is Cc1ccc(Oc2ccc(CO)cc2)c(N)c1. The molecule has 2 aromatic carbocycles. The van der Waals surface area contributed by atoms with E-state index >= 15 is 0 Å². The number of hydrogen-bond donors (Lipinski definition) is 2. The Morgan fingerprint density at radius 2 is 1.82 bits per heavy atom. The largest absolute Gasteiger partial charge is 0.455 e. The summed E-state index contributed by atoms with van der Waals surface area (Å²) in [4.78, 5) is 0. The second-order valence-corrected chi connectivity index (χ2v) is 3.95. The van der Waals surface area contributed by atoms with Gasteiger partial charge in [-0.15, -0.1) is 0 Å². The monoisotopic (exact) mass is 229 g/mol.